The number of hydrogen-bond acceptors (Lipinski definition) is 9. The van der Waals surface area contributed by atoms with Gasteiger partial charge in [0.15, 0.2) is 5.13 Å². The fourth-order valence-electron chi connectivity index (χ4n) is 5.32. The number of carbonyl (C=O) groups is 2. The molecule has 1 spiro atoms. The molecule has 0 unspecified atom stereocenters. The molecule has 10 nitrogen and oxygen atoms in total. The Hall–Kier alpha value is -2.57. The number of ether oxygens (including phenoxy) is 3. The second-order valence-corrected chi connectivity index (χ2v) is 10.9. The Labute approximate surface area is 227 Å². The van der Waals surface area contributed by atoms with E-state index in [1.54, 1.807) is 18.6 Å². The lowest BCUT2D eigenvalue weighted by atomic mass is 9.89. The predicted molar refractivity (Wildman–Crippen MR) is 146 cm³/mol. The van der Waals surface area contributed by atoms with Gasteiger partial charge >= 0.3 is 0 Å². The largest absolute Gasteiger partial charge is 0.383 e. The number of methoxy groups -OCH3 is 1. The molecule has 0 saturated carbocycles. The maximum absolute atomic E-state index is 13.2. The van der Waals surface area contributed by atoms with Gasteiger partial charge in [0, 0.05) is 58.4 Å². The second kappa shape index (κ2) is 12.5. The average Bonchev–Trinajstić information content (AvgIpc) is 3.61. The zero-order valence-electron chi connectivity index (χ0n) is 22.0. The average molecular weight is 544 g/mol. The van der Waals surface area contributed by atoms with Crippen LogP contribution in [0.4, 0.5) is 10.8 Å². The van der Waals surface area contributed by atoms with Gasteiger partial charge in [0.25, 0.3) is 11.8 Å². The summed E-state index contributed by atoms with van der Waals surface area (Å²) in [5, 5.41) is 8.43. The zero-order chi connectivity index (χ0) is 26.4. The zero-order valence-corrected chi connectivity index (χ0v) is 22.8. The van der Waals surface area contributed by atoms with Gasteiger partial charge in [-0.25, -0.2) is 4.98 Å². The third-order valence-corrected chi connectivity index (χ3v) is 8.43. The predicted octanol–water partition coefficient (Wildman–Crippen LogP) is 2.75. The lowest BCUT2D eigenvalue weighted by Crippen LogP contribution is -2.44. The van der Waals surface area contributed by atoms with Crippen molar-refractivity contribution in [2.24, 2.45) is 0 Å². The van der Waals surface area contributed by atoms with Crippen LogP contribution in [0.25, 0.3) is 0 Å². The standard InChI is InChI=1S/C27H37N5O5S/c1-35-14-8-28-24(33)21-17-20(18-31-11-15-36-16-12-31)3-4-22(21)29-25(34)23-19-38-26(30-23)32-9-6-27(7-10-32)5-2-13-37-27/h3-4,17,19H,2,5-16,18H2,1H3,(H,28,33)(H,29,34). The molecule has 0 radical (unpaired) electrons. The Kier molecular flexibility index (Phi) is 8.90. The van der Waals surface area contributed by atoms with Gasteiger partial charge in [-0.2, -0.15) is 0 Å². The van der Waals surface area contributed by atoms with Gasteiger partial charge in [0.2, 0.25) is 0 Å². The molecule has 1 aromatic heterocycles. The first-order chi connectivity index (χ1) is 18.5. The van der Waals surface area contributed by atoms with Crippen LogP contribution in [0.3, 0.4) is 0 Å². The van der Waals surface area contributed by atoms with Crippen molar-refractivity contribution < 1.29 is 23.8 Å². The number of nitrogens with zero attached hydrogens (tertiary/aromatic N) is 3. The summed E-state index contributed by atoms with van der Waals surface area (Å²) in [6, 6.07) is 5.62. The lowest BCUT2D eigenvalue weighted by Gasteiger charge is -2.38. The summed E-state index contributed by atoms with van der Waals surface area (Å²) in [5.41, 5.74) is 2.29. The molecule has 4 heterocycles. The normalized spacial score (nSPS) is 19.6. The maximum atomic E-state index is 13.2. The highest BCUT2D eigenvalue weighted by atomic mass is 32.1. The molecule has 3 aliphatic rings. The molecule has 3 saturated heterocycles. The van der Waals surface area contributed by atoms with Crippen LogP contribution >= 0.6 is 11.3 Å². The lowest BCUT2D eigenvalue weighted by molar-refractivity contribution is -0.0146. The van der Waals surface area contributed by atoms with Crippen molar-refractivity contribution in [3.8, 4) is 0 Å². The van der Waals surface area contributed by atoms with Gasteiger partial charge in [0.05, 0.1) is 36.7 Å². The molecule has 5 rings (SSSR count). The fourth-order valence-corrected chi connectivity index (χ4v) is 6.18. The molecule has 2 amide bonds. The third kappa shape index (κ3) is 6.52. The van der Waals surface area contributed by atoms with E-state index in [4.69, 9.17) is 14.2 Å². The number of morpholine rings is 1. The number of amides is 2. The summed E-state index contributed by atoms with van der Waals surface area (Å²) in [6.45, 7) is 7.25. The number of piperidine rings is 1. The van der Waals surface area contributed by atoms with Crippen LogP contribution in [0, 0.1) is 0 Å². The molecule has 1 aromatic carbocycles. The molecule has 206 valence electrons. The van der Waals surface area contributed by atoms with E-state index in [0.717, 1.165) is 69.2 Å². The SMILES string of the molecule is COCCNC(=O)c1cc(CN2CCOCC2)ccc1NC(=O)c1csc(N2CCC3(CCCO3)CC2)n1. The summed E-state index contributed by atoms with van der Waals surface area (Å²) in [5.74, 6) is -0.580. The van der Waals surface area contributed by atoms with Gasteiger partial charge in [-0.05, 0) is 43.4 Å². The van der Waals surface area contributed by atoms with E-state index in [-0.39, 0.29) is 17.4 Å². The molecule has 2 aromatic rings. The third-order valence-electron chi connectivity index (χ3n) is 7.53. The number of carbonyl (C=O) groups excluding carboxylic acids is 2. The van der Waals surface area contributed by atoms with Crippen molar-refractivity contribution in [3.05, 3.63) is 40.4 Å². The van der Waals surface area contributed by atoms with E-state index in [0.29, 0.717) is 49.9 Å². The van der Waals surface area contributed by atoms with Crippen molar-refractivity contribution >= 4 is 34.0 Å². The van der Waals surface area contributed by atoms with E-state index in [1.165, 1.54) is 11.3 Å². The van der Waals surface area contributed by atoms with Crippen LogP contribution < -0.4 is 15.5 Å². The number of benzene rings is 1. The van der Waals surface area contributed by atoms with Crippen LogP contribution in [0.15, 0.2) is 23.6 Å². The van der Waals surface area contributed by atoms with Crippen molar-refractivity contribution in [2.75, 3.05) is 76.5 Å². The minimum Gasteiger partial charge on any atom is -0.383 e. The highest BCUT2D eigenvalue weighted by Crippen LogP contribution is 2.37. The topological polar surface area (TPSA) is 105 Å². The molecule has 3 fully saturated rings. The monoisotopic (exact) mass is 543 g/mol. The molecule has 0 bridgehead atoms. The van der Waals surface area contributed by atoms with Crippen LogP contribution in [-0.2, 0) is 20.8 Å². The minimum absolute atomic E-state index is 0.0438. The first-order valence-corrected chi connectivity index (χ1v) is 14.3. The number of rotatable bonds is 9. The molecule has 2 N–H and O–H groups in total. The Morgan fingerprint density at radius 1 is 1.11 bits per heavy atom. The molecular weight excluding hydrogens is 506 g/mol. The summed E-state index contributed by atoms with van der Waals surface area (Å²) in [6.07, 6.45) is 4.26. The van der Waals surface area contributed by atoms with Crippen molar-refractivity contribution in [2.45, 2.75) is 37.8 Å². The van der Waals surface area contributed by atoms with Crippen LogP contribution in [0.5, 0.6) is 0 Å². The minimum atomic E-state index is -0.327. The summed E-state index contributed by atoms with van der Waals surface area (Å²) in [7, 11) is 1.59. The number of nitrogens with one attached hydrogen (secondary N) is 2. The van der Waals surface area contributed by atoms with E-state index < -0.39 is 0 Å². The number of anilines is 2. The van der Waals surface area contributed by atoms with Crippen LogP contribution in [-0.4, -0.2) is 93.6 Å². The van der Waals surface area contributed by atoms with E-state index >= 15 is 0 Å². The van der Waals surface area contributed by atoms with Gasteiger partial charge in [-0.3, -0.25) is 14.5 Å². The molecule has 38 heavy (non-hydrogen) atoms. The van der Waals surface area contributed by atoms with Crippen molar-refractivity contribution in [3.63, 3.8) is 0 Å². The van der Waals surface area contributed by atoms with E-state index in [9.17, 15) is 9.59 Å². The van der Waals surface area contributed by atoms with Crippen LogP contribution in [0.2, 0.25) is 0 Å². The quantitative estimate of drug-likeness (QED) is 0.466. The second-order valence-electron chi connectivity index (χ2n) is 10.1. The first-order valence-electron chi connectivity index (χ1n) is 13.4. The molecule has 0 aliphatic carbocycles. The summed E-state index contributed by atoms with van der Waals surface area (Å²) >= 11 is 1.48. The van der Waals surface area contributed by atoms with Gasteiger partial charge in [-0.15, -0.1) is 11.3 Å². The summed E-state index contributed by atoms with van der Waals surface area (Å²) < 4.78 is 16.5. The van der Waals surface area contributed by atoms with Crippen molar-refractivity contribution in [1.82, 2.24) is 15.2 Å². The molecule has 0 atom stereocenters. The number of aromatic nitrogens is 1. The van der Waals surface area contributed by atoms with Gasteiger partial charge in [0.1, 0.15) is 5.69 Å². The molecular formula is C27H37N5O5S. The molecule has 11 heteroatoms. The Balaban J connectivity index is 1.26. The van der Waals surface area contributed by atoms with Gasteiger partial charge in [-0.1, -0.05) is 6.07 Å². The van der Waals surface area contributed by atoms with E-state index in [2.05, 4.69) is 25.4 Å². The summed E-state index contributed by atoms with van der Waals surface area (Å²) in [4.78, 5) is 35.4. The number of thiazole rings is 1. The first kappa shape index (κ1) is 27.0. The smallest absolute Gasteiger partial charge is 0.275 e. The Morgan fingerprint density at radius 3 is 2.66 bits per heavy atom. The highest BCUT2D eigenvalue weighted by molar-refractivity contribution is 7.14. The number of hydrogen-bond donors (Lipinski definition) is 2. The van der Waals surface area contributed by atoms with Gasteiger partial charge < -0.3 is 29.7 Å². The van der Waals surface area contributed by atoms with Crippen LogP contribution in [0.1, 0.15) is 52.1 Å². The maximum Gasteiger partial charge on any atom is 0.275 e. The van der Waals surface area contributed by atoms with E-state index in [1.807, 2.05) is 12.1 Å². The Morgan fingerprint density at radius 2 is 1.92 bits per heavy atom. The fraction of sp³-hybridized carbons (Fsp3) is 0.593. The van der Waals surface area contributed by atoms with Crippen molar-refractivity contribution in [1.29, 1.82) is 0 Å². The molecule has 3 aliphatic heterocycles. The Bertz CT molecular complexity index is 1100. The highest BCUT2D eigenvalue weighted by Gasteiger charge is 2.38.